The second-order valence-electron chi connectivity index (χ2n) is 6.94. The van der Waals surface area contributed by atoms with Crippen molar-refractivity contribution in [3.05, 3.63) is 81.8 Å². The Kier molecular flexibility index (Phi) is 7.50. The summed E-state index contributed by atoms with van der Waals surface area (Å²) >= 11 is 11.8. The van der Waals surface area contributed by atoms with Crippen molar-refractivity contribution in [3.63, 3.8) is 0 Å². The maximum Gasteiger partial charge on any atom is 0.253 e. The van der Waals surface area contributed by atoms with Gasteiger partial charge < -0.3 is 16.0 Å². The van der Waals surface area contributed by atoms with Gasteiger partial charge in [-0.05, 0) is 41.5 Å². The fraction of sp³-hybridized carbons (Fsp3) is 0.174. The molecule has 31 heavy (non-hydrogen) atoms. The first kappa shape index (κ1) is 22.6. The zero-order valence-electron chi connectivity index (χ0n) is 16.7. The van der Waals surface area contributed by atoms with E-state index in [1.54, 1.807) is 0 Å². The molecule has 3 N–H and O–H groups in total. The molecule has 0 saturated carbocycles. The van der Waals surface area contributed by atoms with Crippen molar-refractivity contribution in [1.82, 2.24) is 16.0 Å². The summed E-state index contributed by atoms with van der Waals surface area (Å²) in [5, 5.41) is 10.6. The Balaban J connectivity index is 1.47. The van der Waals surface area contributed by atoms with E-state index in [0.29, 0.717) is 5.02 Å². The van der Waals surface area contributed by atoms with Crippen LogP contribution in [0.5, 0.6) is 0 Å². The standard InChI is InChI=1S/C23H21Cl2N3O3/c1-14(17-8-4-6-15-5-2-3-7-18(15)17)28-22(30)13-26-21(29)12-27-23(31)19-10-9-16(24)11-20(19)25/h2-11,14H,12-13H2,1H3,(H,26,29)(H,27,31)(H,28,30)/t14-/m0/s1. The summed E-state index contributed by atoms with van der Waals surface area (Å²) in [6.07, 6.45) is 0. The first-order valence-corrected chi connectivity index (χ1v) is 10.4. The summed E-state index contributed by atoms with van der Waals surface area (Å²) in [6, 6.07) is 18.1. The minimum atomic E-state index is -0.508. The van der Waals surface area contributed by atoms with Crippen molar-refractivity contribution in [2.24, 2.45) is 0 Å². The lowest BCUT2D eigenvalue weighted by Crippen LogP contribution is -2.42. The number of fused-ring (bicyclic) bond motifs is 1. The first-order valence-electron chi connectivity index (χ1n) is 9.62. The third-order valence-electron chi connectivity index (χ3n) is 4.70. The van der Waals surface area contributed by atoms with E-state index in [9.17, 15) is 14.4 Å². The summed E-state index contributed by atoms with van der Waals surface area (Å²) in [4.78, 5) is 36.4. The van der Waals surface area contributed by atoms with Gasteiger partial charge in [0.2, 0.25) is 11.8 Å². The number of hydrogen-bond donors (Lipinski definition) is 3. The third-order valence-corrected chi connectivity index (χ3v) is 5.25. The van der Waals surface area contributed by atoms with Gasteiger partial charge in [-0.15, -0.1) is 0 Å². The molecule has 6 nitrogen and oxygen atoms in total. The van der Waals surface area contributed by atoms with Gasteiger partial charge in [0, 0.05) is 5.02 Å². The van der Waals surface area contributed by atoms with Crippen LogP contribution in [0, 0.1) is 0 Å². The molecule has 0 saturated heterocycles. The van der Waals surface area contributed by atoms with Gasteiger partial charge in [0.25, 0.3) is 5.91 Å². The molecular formula is C23H21Cl2N3O3. The molecule has 1 atom stereocenters. The molecule has 3 aromatic rings. The van der Waals surface area contributed by atoms with Gasteiger partial charge in [0.05, 0.1) is 29.7 Å². The highest BCUT2D eigenvalue weighted by Crippen LogP contribution is 2.24. The molecule has 0 aliphatic rings. The Morgan fingerprint density at radius 2 is 1.58 bits per heavy atom. The van der Waals surface area contributed by atoms with E-state index in [1.807, 2.05) is 49.4 Å². The van der Waals surface area contributed by atoms with Crippen LogP contribution in [0.2, 0.25) is 10.0 Å². The van der Waals surface area contributed by atoms with E-state index in [2.05, 4.69) is 16.0 Å². The van der Waals surface area contributed by atoms with Crippen LogP contribution in [0.15, 0.2) is 60.7 Å². The van der Waals surface area contributed by atoms with Crippen molar-refractivity contribution in [1.29, 1.82) is 0 Å². The summed E-state index contributed by atoms with van der Waals surface area (Å²) in [6.45, 7) is 1.40. The number of carbonyl (C=O) groups excluding carboxylic acids is 3. The highest BCUT2D eigenvalue weighted by Gasteiger charge is 2.15. The van der Waals surface area contributed by atoms with Crippen LogP contribution < -0.4 is 16.0 Å². The maximum atomic E-state index is 12.3. The second-order valence-corrected chi connectivity index (χ2v) is 7.78. The third kappa shape index (κ3) is 5.96. The molecule has 3 rings (SSSR count). The van der Waals surface area contributed by atoms with Gasteiger partial charge in [0.15, 0.2) is 0 Å². The zero-order valence-corrected chi connectivity index (χ0v) is 18.3. The molecule has 0 heterocycles. The van der Waals surface area contributed by atoms with E-state index in [0.717, 1.165) is 16.3 Å². The fourth-order valence-corrected chi connectivity index (χ4v) is 3.66. The van der Waals surface area contributed by atoms with Crippen LogP contribution in [0.1, 0.15) is 28.9 Å². The van der Waals surface area contributed by atoms with Gasteiger partial charge >= 0.3 is 0 Å². The Morgan fingerprint density at radius 1 is 0.871 bits per heavy atom. The molecule has 0 spiro atoms. The van der Waals surface area contributed by atoms with E-state index < -0.39 is 11.8 Å². The minimum absolute atomic E-state index is 0.187. The first-order chi connectivity index (χ1) is 14.8. The molecule has 0 fully saturated rings. The molecule has 0 aliphatic heterocycles. The highest BCUT2D eigenvalue weighted by atomic mass is 35.5. The highest BCUT2D eigenvalue weighted by molar-refractivity contribution is 6.36. The molecule has 0 bridgehead atoms. The van der Waals surface area contributed by atoms with Crippen molar-refractivity contribution < 1.29 is 14.4 Å². The van der Waals surface area contributed by atoms with Gasteiger partial charge in [-0.3, -0.25) is 14.4 Å². The Morgan fingerprint density at radius 3 is 2.35 bits per heavy atom. The van der Waals surface area contributed by atoms with Crippen LogP contribution in [-0.4, -0.2) is 30.8 Å². The second kappa shape index (κ2) is 10.3. The van der Waals surface area contributed by atoms with Crippen molar-refractivity contribution in [2.75, 3.05) is 13.1 Å². The van der Waals surface area contributed by atoms with Crippen molar-refractivity contribution >= 4 is 51.7 Å². The molecular weight excluding hydrogens is 437 g/mol. The van der Waals surface area contributed by atoms with Crippen LogP contribution in [0.25, 0.3) is 10.8 Å². The van der Waals surface area contributed by atoms with Crippen LogP contribution >= 0.6 is 23.2 Å². The molecule has 3 amide bonds. The molecule has 0 aromatic heterocycles. The summed E-state index contributed by atoms with van der Waals surface area (Å²) < 4.78 is 0. The average molecular weight is 458 g/mol. The summed E-state index contributed by atoms with van der Waals surface area (Å²) in [7, 11) is 0. The Hall–Kier alpha value is -3.09. The number of nitrogens with one attached hydrogen (secondary N) is 3. The molecule has 0 aliphatic carbocycles. The number of benzene rings is 3. The lowest BCUT2D eigenvalue weighted by Gasteiger charge is -2.17. The lowest BCUT2D eigenvalue weighted by molar-refractivity contribution is -0.125. The SMILES string of the molecule is C[C@H](NC(=O)CNC(=O)CNC(=O)c1ccc(Cl)cc1Cl)c1cccc2ccccc12. The molecule has 160 valence electrons. The number of halogens is 2. The predicted octanol–water partition coefficient (Wildman–Crippen LogP) is 3.87. The normalized spacial score (nSPS) is 11.6. The smallest absolute Gasteiger partial charge is 0.253 e. The predicted molar refractivity (Wildman–Crippen MR) is 122 cm³/mol. The van der Waals surface area contributed by atoms with E-state index >= 15 is 0 Å². The monoisotopic (exact) mass is 457 g/mol. The van der Waals surface area contributed by atoms with Gasteiger partial charge in [-0.1, -0.05) is 65.7 Å². The summed E-state index contributed by atoms with van der Waals surface area (Å²) in [5.41, 5.74) is 1.20. The zero-order chi connectivity index (χ0) is 22.4. The number of hydrogen-bond acceptors (Lipinski definition) is 3. The average Bonchev–Trinajstić information content (AvgIpc) is 2.75. The number of carbonyl (C=O) groups is 3. The molecule has 8 heteroatoms. The van der Waals surface area contributed by atoms with Crippen LogP contribution in [0.3, 0.4) is 0 Å². The molecule has 0 unspecified atom stereocenters. The van der Waals surface area contributed by atoms with Crippen molar-refractivity contribution in [2.45, 2.75) is 13.0 Å². The molecule has 3 aromatic carbocycles. The van der Waals surface area contributed by atoms with E-state index in [1.165, 1.54) is 18.2 Å². The van der Waals surface area contributed by atoms with Crippen molar-refractivity contribution in [3.8, 4) is 0 Å². The maximum absolute atomic E-state index is 12.3. The van der Waals surface area contributed by atoms with Gasteiger partial charge in [-0.25, -0.2) is 0 Å². The Labute approximate surface area is 189 Å². The van der Waals surface area contributed by atoms with Gasteiger partial charge in [0.1, 0.15) is 0 Å². The summed E-state index contributed by atoms with van der Waals surface area (Å²) in [5.74, 6) is -1.34. The van der Waals surface area contributed by atoms with E-state index in [4.69, 9.17) is 23.2 Å². The largest absolute Gasteiger partial charge is 0.348 e. The van der Waals surface area contributed by atoms with E-state index in [-0.39, 0.29) is 35.6 Å². The molecule has 0 radical (unpaired) electrons. The lowest BCUT2D eigenvalue weighted by atomic mass is 10.00. The Bertz CT molecular complexity index is 1130. The quantitative estimate of drug-likeness (QED) is 0.503. The fourth-order valence-electron chi connectivity index (χ4n) is 3.17. The minimum Gasteiger partial charge on any atom is -0.348 e. The number of amides is 3. The van der Waals surface area contributed by atoms with Gasteiger partial charge in [-0.2, -0.15) is 0 Å². The topological polar surface area (TPSA) is 87.3 Å². The van der Waals surface area contributed by atoms with Crippen LogP contribution in [0.4, 0.5) is 0 Å². The van der Waals surface area contributed by atoms with Crippen LogP contribution in [-0.2, 0) is 9.59 Å². The number of rotatable bonds is 7.